The molecule has 0 heterocycles. The van der Waals surface area contributed by atoms with Gasteiger partial charge < -0.3 is 0 Å². The van der Waals surface area contributed by atoms with Gasteiger partial charge in [0.15, 0.2) is 11.6 Å². The minimum absolute atomic E-state index is 0.000463. The van der Waals surface area contributed by atoms with E-state index >= 15 is 0 Å². The quantitative estimate of drug-likeness (QED) is 0.404. The molecule has 1 aromatic rings. The summed E-state index contributed by atoms with van der Waals surface area (Å²) in [6, 6.07) is 0. The molecule has 0 amide bonds. The third kappa shape index (κ3) is 3.27. The van der Waals surface area contributed by atoms with Crippen LogP contribution in [0.2, 0.25) is 0 Å². The van der Waals surface area contributed by atoms with E-state index in [9.17, 15) is 9.59 Å². The van der Waals surface area contributed by atoms with Gasteiger partial charge in [0, 0.05) is 11.1 Å². The highest BCUT2D eigenvalue weighted by Gasteiger charge is 2.28. The lowest BCUT2D eigenvalue weighted by Gasteiger charge is -2.26. The Bertz CT molecular complexity index is 598. The SMILES string of the molecule is BBB(B)c1c(B(B)B)c(C)c(C)c(C(C)=O)c1C(C)=O. The topological polar surface area (TPSA) is 34.1 Å². The molecule has 0 unspecified atom stereocenters. The lowest BCUT2D eigenvalue weighted by atomic mass is 9.01. The normalized spacial score (nSPS) is 10.1. The first-order chi connectivity index (χ1) is 9.64. The zero-order valence-corrected chi connectivity index (χ0v) is 14.7. The highest BCUT2D eigenvalue weighted by molar-refractivity contribution is 7.52. The number of benzene rings is 1. The predicted octanol–water partition coefficient (Wildman–Crippen LogP) is -4.02. The molecule has 9 heteroatoms. The predicted molar refractivity (Wildman–Crippen MR) is 108 cm³/mol. The summed E-state index contributed by atoms with van der Waals surface area (Å²) >= 11 is 0. The lowest BCUT2D eigenvalue weighted by molar-refractivity contribution is 0.0981. The minimum atomic E-state index is -0.0133. The number of Topliss-reactive ketones (excluding diaryl/α,β-unsaturated/α-hetero) is 2. The Labute approximate surface area is 133 Å². The molecule has 0 radical (unpaired) electrons. The van der Waals surface area contributed by atoms with Gasteiger partial charge in [-0.2, -0.15) is 0 Å². The van der Waals surface area contributed by atoms with Gasteiger partial charge in [0.1, 0.15) is 0 Å². The number of rotatable bonds is 5. The summed E-state index contributed by atoms with van der Waals surface area (Å²) in [4.78, 5) is 24.4. The van der Waals surface area contributed by atoms with Crippen molar-refractivity contribution in [3.8, 4) is 0 Å². The standard InChI is InChI=1S/C12H21B7O2/c1-5-6(2)11(18(14)15)12(19(16)17-13)10(8(4)21)9(5)7(3)20/h17H,13-16H2,1-4H3. The second kappa shape index (κ2) is 6.85. The van der Waals surface area contributed by atoms with Crippen LogP contribution in [0.4, 0.5) is 0 Å². The minimum Gasteiger partial charge on any atom is -0.295 e. The van der Waals surface area contributed by atoms with Crippen molar-refractivity contribution in [2.75, 3.05) is 0 Å². The molecule has 21 heavy (non-hydrogen) atoms. The number of hydrogen-bond donors (Lipinski definition) is 0. The maximum atomic E-state index is 12.3. The van der Waals surface area contributed by atoms with Crippen LogP contribution in [0.1, 0.15) is 45.7 Å². The molecular formula is C12H21B7O2. The molecule has 0 aliphatic carbocycles. The second-order valence-corrected chi connectivity index (χ2v) is 6.40. The Hall–Kier alpha value is -0.985. The molecule has 1 aromatic carbocycles. The monoisotopic (exact) mass is 274 g/mol. The first-order valence-electron chi connectivity index (χ1n) is 7.83. The summed E-state index contributed by atoms with van der Waals surface area (Å²) in [5.41, 5.74) is 5.74. The van der Waals surface area contributed by atoms with E-state index in [1.54, 1.807) is 13.8 Å². The molecule has 0 bridgehead atoms. The van der Waals surface area contributed by atoms with Crippen molar-refractivity contribution in [2.45, 2.75) is 27.7 Å². The Morgan fingerprint density at radius 1 is 0.905 bits per heavy atom. The van der Waals surface area contributed by atoms with Crippen LogP contribution in [0.5, 0.6) is 0 Å². The first-order valence-corrected chi connectivity index (χ1v) is 7.83. The zero-order valence-electron chi connectivity index (χ0n) is 14.7. The summed E-state index contributed by atoms with van der Waals surface area (Å²) < 4.78 is 0. The van der Waals surface area contributed by atoms with Crippen LogP contribution in [0, 0.1) is 13.8 Å². The van der Waals surface area contributed by atoms with Gasteiger partial charge in [-0.15, -0.1) is 5.46 Å². The van der Waals surface area contributed by atoms with Crippen LogP contribution < -0.4 is 10.9 Å². The van der Waals surface area contributed by atoms with Crippen molar-refractivity contribution in [3.63, 3.8) is 0 Å². The van der Waals surface area contributed by atoms with E-state index in [1.165, 1.54) is 5.46 Å². The van der Waals surface area contributed by atoms with Gasteiger partial charge in [0.05, 0.1) is 51.0 Å². The van der Waals surface area contributed by atoms with Crippen LogP contribution in [0.25, 0.3) is 0 Å². The number of hydrogen-bond acceptors (Lipinski definition) is 2. The van der Waals surface area contributed by atoms with Gasteiger partial charge in [0.25, 0.3) is 0 Å². The van der Waals surface area contributed by atoms with Crippen LogP contribution >= 0.6 is 0 Å². The van der Waals surface area contributed by atoms with Gasteiger partial charge >= 0.3 is 0 Å². The van der Waals surface area contributed by atoms with E-state index in [0.29, 0.717) is 17.6 Å². The highest BCUT2D eigenvalue weighted by atomic mass is 16.1. The Kier molecular flexibility index (Phi) is 5.89. The molecule has 2 nitrogen and oxygen atoms in total. The van der Waals surface area contributed by atoms with Gasteiger partial charge in [-0.25, -0.2) is 0 Å². The van der Waals surface area contributed by atoms with Crippen LogP contribution in [0.15, 0.2) is 0 Å². The molecule has 0 spiro atoms. The van der Waals surface area contributed by atoms with E-state index < -0.39 is 0 Å². The zero-order chi connectivity index (χ0) is 16.5. The van der Waals surface area contributed by atoms with Crippen molar-refractivity contribution in [3.05, 3.63) is 22.3 Å². The summed E-state index contributed by atoms with van der Waals surface area (Å²) in [5, 5.41) is 0. The fourth-order valence-corrected chi connectivity index (χ4v) is 3.31. The van der Waals surface area contributed by atoms with E-state index in [1.807, 2.05) is 6.92 Å². The van der Waals surface area contributed by atoms with Crippen LogP contribution in [-0.4, -0.2) is 62.6 Å². The third-order valence-corrected chi connectivity index (χ3v) is 4.54. The average molecular weight is 273 g/mol. The number of carbonyl (C=O) groups excluding carboxylic acids is 2. The maximum Gasteiger partial charge on any atom is 0.160 e. The Morgan fingerprint density at radius 2 is 1.38 bits per heavy atom. The van der Waals surface area contributed by atoms with Gasteiger partial charge in [-0.3, -0.25) is 9.59 Å². The van der Waals surface area contributed by atoms with Crippen molar-refractivity contribution >= 4 is 73.5 Å². The van der Waals surface area contributed by atoms with Crippen LogP contribution in [0.3, 0.4) is 0 Å². The Morgan fingerprint density at radius 3 is 1.71 bits per heavy atom. The summed E-state index contributed by atoms with van der Waals surface area (Å²) in [7, 11) is 9.55. The summed E-state index contributed by atoms with van der Waals surface area (Å²) in [6.45, 7) is 7.79. The Balaban J connectivity index is 4.03. The first kappa shape index (κ1) is 18.1. The molecule has 0 saturated heterocycles. The molecule has 0 aliphatic heterocycles. The average Bonchev–Trinajstić information content (AvgIpc) is 2.38. The number of ketones is 2. The van der Waals surface area contributed by atoms with Crippen molar-refractivity contribution in [1.29, 1.82) is 0 Å². The van der Waals surface area contributed by atoms with Crippen molar-refractivity contribution < 1.29 is 9.59 Å². The van der Waals surface area contributed by atoms with Crippen molar-refractivity contribution in [1.82, 2.24) is 0 Å². The molecule has 0 saturated carbocycles. The van der Waals surface area contributed by atoms with E-state index in [-0.39, 0.29) is 18.1 Å². The fourth-order valence-electron chi connectivity index (χ4n) is 3.31. The van der Waals surface area contributed by atoms with Gasteiger partial charge in [0.2, 0.25) is 0 Å². The third-order valence-electron chi connectivity index (χ3n) is 4.54. The fraction of sp³-hybridized carbons (Fsp3) is 0.333. The summed E-state index contributed by atoms with van der Waals surface area (Å²) in [5.74, 6) is -0.0128. The molecular weight excluding hydrogens is 252 g/mol. The molecule has 0 aliphatic rings. The van der Waals surface area contributed by atoms with Crippen molar-refractivity contribution in [2.24, 2.45) is 0 Å². The molecule has 102 valence electrons. The molecule has 1 rings (SSSR count). The van der Waals surface area contributed by atoms with Gasteiger partial charge in [-0.1, -0.05) is 11.0 Å². The molecule has 0 N–H and O–H groups in total. The van der Waals surface area contributed by atoms with Crippen LogP contribution in [-0.2, 0) is 0 Å². The second-order valence-electron chi connectivity index (χ2n) is 6.40. The van der Waals surface area contributed by atoms with E-state index in [0.717, 1.165) is 23.7 Å². The highest BCUT2D eigenvalue weighted by Crippen LogP contribution is 2.18. The number of carbonyl (C=O) groups is 2. The molecule has 0 fully saturated rings. The summed E-state index contributed by atoms with van der Waals surface area (Å²) in [6.07, 6.45) is 0. The molecule has 0 atom stereocenters. The largest absolute Gasteiger partial charge is 0.295 e. The lowest BCUT2D eigenvalue weighted by Crippen LogP contribution is -2.57. The van der Waals surface area contributed by atoms with Gasteiger partial charge in [-0.05, 0) is 33.3 Å². The smallest absolute Gasteiger partial charge is 0.160 e. The van der Waals surface area contributed by atoms with E-state index in [2.05, 4.69) is 37.9 Å². The van der Waals surface area contributed by atoms with E-state index in [4.69, 9.17) is 0 Å². The maximum absolute atomic E-state index is 12.3. The molecule has 0 aromatic heterocycles.